The maximum absolute atomic E-state index is 14.2. The topological polar surface area (TPSA) is 21.7 Å². The Balaban J connectivity index is 1.78. The lowest BCUT2D eigenvalue weighted by Crippen LogP contribution is -2.41. The third-order valence-corrected chi connectivity index (χ3v) is 5.44. The number of piperidine rings is 1. The standard InChI is InChI=1S/C18H27BFNO2/c1-17(2)18(3,4)23-19(22-17)15-8-9-16(20)14(12-15)13-21-10-6-5-7-11-21/h8-9,12H,5-7,10-11,13H2,1-4H3. The second-order valence-electron chi connectivity index (χ2n) is 7.78. The van der Waals surface area contributed by atoms with Crippen molar-refractivity contribution in [2.45, 2.75) is 64.7 Å². The first-order valence-corrected chi connectivity index (χ1v) is 8.65. The molecule has 2 heterocycles. The molecular weight excluding hydrogens is 292 g/mol. The summed E-state index contributed by atoms with van der Waals surface area (Å²) in [6.07, 6.45) is 3.70. The summed E-state index contributed by atoms with van der Waals surface area (Å²) >= 11 is 0. The highest BCUT2D eigenvalue weighted by atomic mass is 19.1. The van der Waals surface area contributed by atoms with Gasteiger partial charge in [-0.1, -0.05) is 18.6 Å². The van der Waals surface area contributed by atoms with Crippen molar-refractivity contribution in [2.24, 2.45) is 0 Å². The molecule has 3 rings (SSSR count). The van der Waals surface area contributed by atoms with E-state index in [4.69, 9.17) is 9.31 Å². The zero-order valence-corrected chi connectivity index (χ0v) is 14.7. The van der Waals surface area contributed by atoms with Gasteiger partial charge in [-0.05, 0) is 65.2 Å². The van der Waals surface area contributed by atoms with Crippen LogP contribution in [0.4, 0.5) is 4.39 Å². The first-order chi connectivity index (χ1) is 10.8. The molecule has 0 radical (unpaired) electrons. The summed E-state index contributed by atoms with van der Waals surface area (Å²) in [5.41, 5.74) is 0.884. The average molecular weight is 319 g/mol. The van der Waals surface area contributed by atoms with E-state index in [0.717, 1.165) is 24.1 Å². The van der Waals surface area contributed by atoms with E-state index in [1.54, 1.807) is 12.1 Å². The minimum absolute atomic E-state index is 0.143. The van der Waals surface area contributed by atoms with Crippen molar-refractivity contribution >= 4 is 12.6 Å². The summed E-state index contributed by atoms with van der Waals surface area (Å²) in [6, 6.07) is 5.23. The van der Waals surface area contributed by atoms with E-state index < -0.39 is 7.12 Å². The lowest BCUT2D eigenvalue weighted by atomic mass is 9.78. The molecule has 0 atom stereocenters. The first-order valence-electron chi connectivity index (χ1n) is 8.65. The largest absolute Gasteiger partial charge is 0.494 e. The number of halogens is 1. The van der Waals surface area contributed by atoms with Gasteiger partial charge in [0.15, 0.2) is 0 Å². The van der Waals surface area contributed by atoms with Gasteiger partial charge in [0.2, 0.25) is 0 Å². The maximum atomic E-state index is 14.2. The van der Waals surface area contributed by atoms with E-state index in [9.17, 15) is 4.39 Å². The Bertz CT molecular complexity index is 554. The fraction of sp³-hybridized carbons (Fsp3) is 0.667. The molecule has 0 N–H and O–H groups in total. The van der Waals surface area contributed by atoms with Crippen LogP contribution in [0, 0.1) is 5.82 Å². The monoisotopic (exact) mass is 319 g/mol. The van der Waals surface area contributed by atoms with Crippen LogP contribution in [0.25, 0.3) is 0 Å². The lowest BCUT2D eigenvalue weighted by molar-refractivity contribution is 0.00578. The molecule has 0 aromatic heterocycles. The lowest BCUT2D eigenvalue weighted by Gasteiger charge is -2.32. The predicted octanol–water partition coefficient (Wildman–Crippen LogP) is 3.11. The molecular formula is C18H27BFNO2. The van der Waals surface area contributed by atoms with Gasteiger partial charge in [0.25, 0.3) is 0 Å². The van der Waals surface area contributed by atoms with Gasteiger partial charge in [0, 0.05) is 12.1 Å². The molecule has 2 saturated heterocycles. The Kier molecular flexibility index (Phi) is 4.56. The molecule has 2 fully saturated rings. The van der Waals surface area contributed by atoms with Crippen molar-refractivity contribution in [3.8, 4) is 0 Å². The average Bonchev–Trinajstić information content (AvgIpc) is 2.71. The molecule has 3 nitrogen and oxygen atoms in total. The third kappa shape index (κ3) is 3.47. The summed E-state index contributed by atoms with van der Waals surface area (Å²) in [5, 5.41) is 0. The fourth-order valence-corrected chi connectivity index (χ4v) is 3.20. The Morgan fingerprint density at radius 2 is 1.65 bits per heavy atom. The number of benzene rings is 1. The van der Waals surface area contributed by atoms with E-state index in [1.165, 1.54) is 19.3 Å². The molecule has 23 heavy (non-hydrogen) atoms. The molecule has 0 saturated carbocycles. The smallest absolute Gasteiger partial charge is 0.399 e. The van der Waals surface area contributed by atoms with E-state index in [2.05, 4.69) is 4.90 Å². The summed E-state index contributed by atoms with van der Waals surface area (Å²) in [6.45, 7) is 10.9. The van der Waals surface area contributed by atoms with E-state index in [0.29, 0.717) is 6.54 Å². The molecule has 2 aliphatic rings. The Morgan fingerprint density at radius 3 is 2.26 bits per heavy atom. The Morgan fingerprint density at radius 1 is 1.04 bits per heavy atom. The van der Waals surface area contributed by atoms with Crippen LogP contribution < -0.4 is 5.46 Å². The van der Waals surface area contributed by atoms with Crippen molar-refractivity contribution < 1.29 is 13.7 Å². The summed E-state index contributed by atoms with van der Waals surface area (Å²) in [7, 11) is -0.430. The quantitative estimate of drug-likeness (QED) is 0.799. The summed E-state index contributed by atoms with van der Waals surface area (Å²) < 4.78 is 26.4. The molecule has 2 aliphatic heterocycles. The van der Waals surface area contributed by atoms with Crippen molar-refractivity contribution in [1.29, 1.82) is 0 Å². The molecule has 0 aliphatic carbocycles. The van der Waals surface area contributed by atoms with Crippen LogP contribution in [0.2, 0.25) is 0 Å². The molecule has 0 spiro atoms. The van der Waals surface area contributed by atoms with Gasteiger partial charge in [-0.15, -0.1) is 0 Å². The highest BCUT2D eigenvalue weighted by Crippen LogP contribution is 2.36. The second kappa shape index (κ2) is 6.19. The van der Waals surface area contributed by atoms with Crippen molar-refractivity contribution in [2.75, 3.05) is 13.1 Å². The van der Waals surface area contributed by atoms with Crippen molar-refractivity contribution in [3.05, 3.63) is 29.6 Å². The summed E-state index contributed by atoms with van der Waals surface area (Å²) in [5.74, 6) is -0.143. The van der Waals surface area contributed by atoms with Crippen LogP contribution >= 0.6 is 0 Å². The van der Waals surface area contributed by atoms with Crippen molar-refractivity contribution in [1.82, 2.24) is 4.90 Å². The predicted molar refractivity (Wildman–Crippen MR) is 91.2 cm³/mol. The normalized spacial score (nSPS) is 24.1. The third-order valence-electron chi connectivity index (χ3n) is 5.44. The van der Waals surface area contributed by atoms with Gasteiger partial charge in [-0.25, -0.2) is 4.39 Å². The minimum atomic E-state index is -0.430. The SMILES string of the molecule is CC1(C)OB(c2ccc(F)c(CN3CCCCC3)c2)OC1(C)C. The van der Waals surface area contributed by atoms with E-state index >= 15 is 0 Å². The molecule has 5 heteroatoms. The zero-order valence-electron chi connectivity index (χ0n) is 14.7. The van der Waals surface area contributed by atoms with E-state index in [1.807, 2.05) is 33.8 Å². The van der Waals surface area contributed by atoms with Crippen LogP contribution in [-0.4, -0.2) is 36.3 Å². The van der Waals surface area contributed by atoms with Crippen LogP contribution in [-0.2, 0) is 15.9 Å². The Labute approximate surface area is 139 Å². The van der Waals surface area contributed by atoms with Crippen LogP contribution in [0.3, 0.4) is 0 Å². The maximum Gasteiger partial charge on any atom is 0.494 e. The van der Waals surface area contributed by atoms with Crippen LogP contribution in [0.15, 0.2) is 18.2 Å². The van der Waals surface area contributed by atoms with Gasteiger partial charge in [0.1, 0.15) is 5.82 Å². The van der Waals surface area contributed by atoms with E-state index in [-0.39, 0.29) is 17.0 Å². The number of hydrogen-bond acceptors (Lipinski definition) is 3. The number of likely N-dealkylation sites (tertiary alicyclic amines) is 1. The number of hydrogen-bond donors (Lipinski definition) is 0. The highest BCUT2D eigenvalue weighted by Gasteiger charge is 2.51. The second-order valence-corrected chi connectivity index (χ2v) is 7.78. The summed E-state index contributed by atoms with van der Waals surface area (Å²) in [4.78, 5) is 2.33. The fourth-order valence-electron chi connectivity index (χ4n) is 3.20. The van der Waals surface area contributed by atoms with Crippen LogP contribution in [0.5, 0.6) is 0 Å². The van der Waals surface area contributed by atoms with Gasteiger partial charge in [-0.2, -0.15) is 0 Å². The Hall–Kier alpha value is -0.905. The molecule has 0 amide bonds. The molecule has 1 aromatic carbocycles. The van der Waals surface area contributed by atoms with Gasteiger partial charge in [0.05, 0.1) is 11.2 Å². The van der Waals surface area contributed by atoms with Crippen LogP contribution in [0.1, 0.15) is 52.5 Å². The highest BCUT2D eigenvalue weighted by molar-refractivity contribution is 6.62. The molecule has 0 bridgehead atoms. The van der Waals surface area contributed by atoms with Gasteiger partial charge >= 0.3 is 7.12 Å². The number of rotatable bonds is 3. The molecule has 1 aromatic rings. The van der Waals surface area contributed by atoms with Gasteiger partial charge < -0.3 is 9.31 Å². The first kappa shape index (κ1) is 16.9. The zero-order chi connectivity index (χ0) is 16.7. The minimum Gasteiger partial charge on any atom is -0.399 e. The number of nitrogens with zero attached hydrogens (tertiary/aromatic N) is 1. The molecule has 126 valence electrons. The van der Waals surface area contributed by atoms with Gasteiger partial charge in [-0.3, -0.25) is 4.90 Å². The molecule has 0 unspecified atom stereocenters. The van der Waals surface area contributed by atoms with Crippen molar-refractivity contribution in [3.63, 3.8) is 0 Å².